The Bertz CT molecular complexity index is 303. The zero-order chi connectivity index (χ0) is 14.8. The number of likely N-dealkylation sites (tertiary alicyclic amines) is 1. The molecule has 0 aliphatic carbocycles. The summed E-state index contributed by atoms with van der Waals surface area (Å²) >= 11 is 0. The number of nitrogens with zero attached hydrogens (tertiary/aromatic N) is 1. The second-order valence-electron chi connectivity index (χ2n) is 4.78. The van der Waals surface area contributed by atoms with E-state index in [2.05, 4.69) is 5.32 Å². The lowest BCUT2D eigenvalue weighted by Crippen LogP contribution is -2.46. The Morgan fingerprint density at radius 1 is 1.30 bits per heavy atom. The lowest BCUT2D eigenvalue weighted by atomic mass is 10.1. The van der Waals surface area contributed by atoms with Gasteiger partial charge in [0.25, 0.3) is 0 Å². The number of carbonyl (C=O) groups excluding carboxylic acids is 1. The largest absolute Gasteiger partial charge is 0.481 e. The van der Waals surface area contributed by atoms with Crippen molar-refractivity contribution in [3.8, 4) is 0 Å². The molecule has 7 heteroatoms. The van der Waals surface area contributed by atoms with E-state index in [-0.39, 0.29) is 25.2 Å². The highest BCUT2D eigenvalue weighted by Crippen LogP contribution is 2.14. The topological polar surface area (TPSA) is 88.1 Å². The fourth-order valence-corrected chi connectivity index (χ4v) is 2.06. The maximum atomic E-state index is 11.8. The Kier molecular flexibility index (Phi) is 7.98. The van der Waals surface area contributed by atoms with Crippen molar-refractivity contribution in [2.75, 3.05) is 40.0 Å². The number of carbonyl (C=O) groups is 2. The summed E-state index contributed by atoms with van der Waals surface area (Å²) in [7, 11) is 1.64. The van der Waals surface area contributed by atoms with E-state index >= 15 is 0 Å². The van der Waals surface area contributed by atoms with Gasteiger partial charge < -0.3 is 24.8 Å². The third-order valence-corrected chi connectivity index (χ3v) is 3.20. The number of carboxylic acids is 1. The van der Waals surface area contributed by atoms with Gasteiger partial charge in [-0.25, -0.2) is 4.79 Å². The first-order chi connectivity index (χ1) is 9.63. The molecule has 1 aliphatic rings. The van der Waals surface area contributed by atoms with Gasteiger partial charge in [0.05, 0.1) is 19.1 Å². The van der Waals surface area contributed by atoms with Gasteiger partial charge in [-0.3, -0.25) is 4.79 Å². The molecule has 0 saturated carbocycles. The van der Waals surface area contributed by atoms with Crippen LogP contribution in [0.4, 0.5) is 4.79 Å². The van der Waals surface area contributed by atoms with Gasteiger partial charge in [-0.15, -0.1) is 0 Å². The molecule has 0 radical (unpaired) electrons. The van der Waals surface area contributed by atoms with Gasteiger partial charge in [0.15, 0.2) is 0 Å². The number of hydrogen-bond donors (Lipinski definition) is 2. The van der Waals surface area contributed by atoms with Crippen LogP contribution in [-0.2, 0) is 14.3 Å². The summed E-state index contributed by atoms with van der Waals surface area (Å²) in [5, 5.41) is 11.4. The van der Waals surface area contributed by atoms with Crippen molar-refractivity contribution < 1.29 is 24.2 Å². The highest BCUT2D eigenvalue weighted by Gasteiger charge is 2.22. The molecular formula is C13H24N2O5. The van der Waals surface area contributed by atoms with Crippen molar-refractivity contribution in [1.82, 2.24) is 10.2 Å². The second-order valence-corrected chi connectivity index (χ2v) is 4.78. The average molecular weight is 288 g/mol. The van der Waals surface area contributed by atoms with Gasteiger partial charge >= 0.3 is 12.0 Å². The Labute approximate surface area is 119 Å². The van der Waals surface area contributed by atoms with E-state index in [0.29, 0.717) is 26.2 Å². The van der Waals surface area contributed by atoms with Gasteiger partial charge in [-0.1, -0.05) is 0 Å². The highest BCUT2D eigenvalue weighted by molar-refractivity contribution is 5.74. The van der Waals surface area contributed by atoms with Crippen LogP contribution in [0, 0.1) is 0 Å². The van der Waals surface area contributed by atoms with Gasteiger partial charge in [0.2, 0.25) is 0 Å². The van der Waals surface area contributed by atoms with Gasteiger partial charge in [0.1, 0.15) is 0 Å². The maximum Gasteiger partial charge on any atom is 0.317 e. The van der Waals surface area contributed by atoms with Crippen molar-refractivity contribution in [2.45, 2.75) is 31.8 Å². The number of piperidine rings is 1. The van der Waals surface area contributed by atoms with Crippen LogP contribution >= 0.6 is 0 Å². The normalized spacial score (nSPS) is 16.1. The SMILES string of the molecule is COCCCNC(=O)N1CCC(OCCC(=O)O)CC1. The summed E-state index contributed by atoms with van der Waals surface area (Å²) in [6.07, 6.45) is 2.40. The predicted octanol–water partition coefficient (Wildman–Crippen LogP) is 0.688. The molecule has 0 unspecified atom stereocenters. The van der Waals surface area contributed by atoms with Crippen LogP contribution in [-0.4, -0.2) is 68.1 Å². The van der Waals surface area contributed by atoms with Crippen LogP contribution in [0.25, 0.3) is 0 Å². The van der Waals surface area contributed by atoms with Crippen LogP contribution in [0.3, 0.4) is 0 Å². The Morgan fingerprint density at radius 2 is 2.00 bits per heavy atom. The monoisotopic (exact) mass is 288 g/mol. The number of nitrogens with one attached hydrogen (secondary N) is 1. The zero-order valence-corrected chi connectivity index (χ0v) is 12.0. The van der Waals surface area contributed by atoms with Crippen molar-refractivity contribution >= 4 is 12.0 Å². The number of hydrogen-bond acceptors (Lipinski definition) is 4. The smallest absolute Gasteiger partial charge is 0.317 e. The van der Waals surface area contributed by atoms with Crippen molar-refractivity contribution in [1.29, 1.82) is 0 Å². The van der Waals surface area contributed by atoms with E-state index in [9.17, 15) is 9.59 Å². The van der Waals surface area contributed by atoms with E-state index in [4.69, 9.17) is 14.6 Å². The number of amides is 2. The molecule has 0 bridgehead atoms. The first-order valence-electron chi connectivity index (χ1n) is 6.98. The lowest BCUT2D eigenvalue weighted by Gasteiger charge is -2.31. The molecule has 1 fully saturated rings. The number of carboxylic acid groups (broad SMARTS) is 1. The molecule has 1 rings (SSSR count). The Balaban J connectivity index is 2.11. The van der Waals surface area contributed by atoms with Crippen LogP contribution in [0.15, 0.2) is 0 Å². The molecular weight excluding hydrogens is 264 g/mol. The number of rotatable bonds is 8. The Morgan fingerprint density at radius 3 is 2.60 bits per heavy atom. The summed E-state index contributed by atoms with van der Waals surface area (Å²) < 4.78 is 10.4. The average Bonchev–Trinajstić information content (AvgIpc) is 2.44. The minimum absolute atomic E-state index is 0.0280. The van der Waals surface area contributed by atoms with E-state index in [1.807, 2.05) is 0 Å². The molecule has 0 spiro atoms. The molecule has 0 aromatic carbocycles. The van der Waals surface area contributed by atoms with E-state index < -0.39 is 5.97 Å². The van der Waals surface area contributed by atoms with Crippen molar-refractivity contribution in [3.63, 3.8) is 0 Å². The quantitative estimate of drug-likeness (QED) is 0.642. The molecule has 0 aromatic heterocycles. The highest BCUT2D eigenvalue weighted by atomic mass is 16.5. The van der Waals surface area contributed by atoms with Crippen molar-refractivity contribution in [3.05, 3.63) is 0 Å². The van der Waals surface area contributed by atoms with E-state index in [0.717, 1.165) is 19.3 Å². The summed E-state index contributed by atoms with van der Waals surface area (Å²) in [5.74, 6) is -0.849. The van der Waals surface area contributed by atoms with Gasteiger partial charge in [-0.05, 0) is 19.3 Å². The van der Waals surface area contributed by atoms with Crippen LogP contribution in [0.5, 0.6) is 0 Å². The third-order valence-electron chi connectivity index (χ3n) is 3.20. The molecule has 1 saturated heterocycles. The molecule has 1 aliphatic heterocycles. The lowest BCUT2D eigenvalue weighted by molar-refractivity contribution is -0.138. The van der Waals surface area contributed by atoms with Crippen LogP contribution in [0.2, 0.25) is 0 Å². The minimum atomic E-state index is -0.849. The molecule has 2 N–H and O–H groups in total. The molecule has 0 atom stereocenters. The predicted molar refractivity (Wildman–Crippen MR) is 72.7 cm³/mol. The standard InChI is InChI=1S/C13H24N2O5/c1-19-9-2-6-14-13(18)15-7-3-11(4-8-15)20-10-5-12(16)17/h11H,2-10H2,1H3,(H,14,18)(H,16,17). The van der Waals surface area contributed by atoms with Crippen LogP contribution < -0.4 is 5.32 Å². The van der Waals surface area contributed by atoms with E-state index in [1.54, 1.807) is 12.0 Å². The fourth-order valence-electron chi connectivity index (χ4n) is 2.06. The number of ether oxygens (including phenoxy) is 2. The zero-order valence-electron chi connectivity index (χ0n) is 12.0. The van der Waals surface area contributed by atoms with Crippen LogP contribution in [0.1, 0.15) is 25.7 Å². The second kappa shape index (κ2) is 9.55. The van der Waals surface area contributed by atoms with Gasteiger partial charge in [0, 0.05) is 33.4 Å². The molecule has 0 aromatic rings. The third kappa shape index (κ3) is 6.72. The Hall–Kier alpha value is -1.34. The first-order valence-corrected chi connectivity index (χ1v) is 6.98. The first kappa shape index (κ1) is 16.7. The number of aliphatic carboxylic acids is 1. The van der Waals surface area contributed by atoms with Gasteiger partial charge in [-0.2, -0.15) is 0 Å². The maximum absolute atomic E-state index is 11.8. The summed E-state index contributed by atoms with van der Waals surface area (Å²) in [6.45, 7) is 2.78. The minimum Gasteiger partial charge on any atom is -0.481 e. The number of methoxy groups -OCH3 is 1. The molecule has 7 nitrogen and oxygen atoms in total. The summed E-state index contributed by atoms with van der Waals surface area (Å²) in [5.41, 5.74) is 0. The molecule has 116 valence electrons. The van der Waals surface area contributed by atoms with E-state index in [1.165, 1.54) is 0 Å². The number of urea groups is 1. The molecule has 1 heterocycles. The summed E-state index contributed by atoms with van der Waals surface area (Å²) in [6, 6.07) is -0.0508. The fraction of sp³-hybridized carbons (Fsp3) is 0.846. The molecule has 20 heavy (non-hydrogen) atoms. The summed E-state index contributed by atoms with van der Waals surface area (Å²) in [4.78, 5) is 24.0. The van der Waals surface area contributed by atoms with Crippen molar-refractivity contribution in [2.24, 2.45) is 0 Å². The molecule has 2 amide bonds.